The van der Waals surface area contributed by atoms with E-state index in [0.29, 0.717) is 43.9 Å². The molecule has 0 fully saturated rings. The maximum Gasteiger partial charge on any atom is 0.341 e. The fourth-order valence-corrected chi connectivity index (χ4v) is 5.07. The Kier molecular flexibility index (Phi) is 9.62. The molecule has 0 aliphatic heterocycles. The van der Waals surface area contributed by atoms with E-state index in [0.717, 1.165) is 4.88 Å². The van der Waals surface area contributed by atoms with E-state index >= 15 is 0 Å². The van der Waals surface area contributed by atoms with Crippen LogP contribution < -0.4 is 10.1 Å². The average molecular weight is 556 g/mol. The van der Waals surface area contributed by atoms with E-state index in [2.05, 4.69) is 22.1 Å². The van der Waals surface area contributed by atoms with Gasteiger partial charge >= 0.3 is 5.97 Å². The molecule has 1 atom stereocenters. The van der Waals surface area contributed by atoms with Crippen LogP contribution in [0.15, 0.2) is 42.1 Å². The molecule has 0 radical (unpaired) electrons. The van der Waals surface area contributed by atoms with Gasteiger partial charge in [-0.2, -0.15) is 0 Å². The fourth-order valence-electron chi connectivity index (χ4n) is 3.08. The van der Waals surface area contributed by atoms with Crippen LogP contribution in [0.5, 0.6) is 5.75 Å². The number of rotatable bonds is 11. The number of hydrogen-bond donors (Lipinski definition) is 1. The van der Waals surface area contributed by atoms with Crippen molar-refractivity contribution in [3.63, 3.8) is 0 Å². The van der Waals surface area contributed by atoms with Crippen LogP contribution >= 0.6 is 46.3 Å². The zero-order valence-corrected chi connectivity index (χ0v) is 22.5. The molecule has 1 amide bonds. The first-order chi connectivity index (χ1) is 16.7. The van der Waals surface area contributed by atoms with Crippen LogP contribution in [0.3, 0.4) is 0 Å². The number of ether oxygens (including phenoxy) is 2. The quantitative estimate of drug-likeness (QED) is 0.171. The van der Waals surface area contributed by atoms with Gasteiger partial charge in [0.25, 0.3) is 0 Å². The molecule has 0 saturated carbocycles. The smallest absolute Gasteiger partial charge is 0.341 e. The highest BCUT2D eigenvalue weighted by Gasteiger charge is 2.22. The van der Waals surface area contributed by atoms with Gasteiger partial charge in [0.15, 0.2) is 17.1 Å². The molecule has 0 spiro atoms. The number of carbonyl (C=O) groups is 2. The maximum atomic E-state index is 12.6. The molecule has 3 aromatic rings. The monoisotopic (exact) mass is 554 g/mol. The largest absolute Gasteiger partial charge is 0.481 e. The van der Waals surface area contributed by atoms with Gasteiger partial charge in [-0.05, 0) is 39.0 Å². The number of halogens is 2. The predicted molar refractivity (Wildman–Crippen MR) is 140 cm³/mol. The number of thiophene rings is 1. The van der Waals surface area contributed by atoms with Crippen LogP contribution in [0.25, 0.3) is 0 Å². The van der Waals surface area contributed by atoms with Gasteiger partial charge in [-0.15, -0.1) is 28.1 Å². The van der Waals surface area contributed by atoms with Crippen LogP contribution in [0.2, 0.25) is 10.0 Å². The van der Waals surface area contributed by atoms with Crippen molar-refractivity contribution in [2.24, 2.45) is 0 Å². The van der Waals surface area contributed by atoms with E-state index in [1.54, 1.807) is 37.3 Å². The highest BCUT2D eigenvalue weighted by atomic mass is 35.5. The van der Waals surface area contributed by atoms with Gasteiger partial charge in [-0.25, -0.2) is 4.79 Å². The summed E-state index contributed by atoms with van der Waals surface area (Å²) in [4.78, 5) is 25.7. The normalized spacial score (nSPS) is 11.7. The summed E-state index contributed by atoms with van der Waals surface area (Å²) in [6.07, 6.45) is 1.21. The van der Waals surface area contributed by atoms with Crippen molar-refractivity contribution in [3.05, 3.63) is 63.2 Å². The third-order valence-corrected chi connectivity index (χ3v) is 7.03. The molecule has 0 saturated heterocycles. The molecule has 0 bridgehead atoms. The number of esters is 1. The van der Waals surface area contributed by atoms with Gasteiger partial charge < -0.3 is 14.8 Å². The minimum Gasteiger partial charge on any atom is -0.481 e. The third kappa shape index (κ3) is 7.00. The molecule has 1 unspecified atom stereocenters. The standard InChI is InChI=1S/C23H24Cl2N4O4S2/c1-5-9-29-20(14(4)33-18-11-15(24)7-8-17(18)25)27-28-23(29)34-12-19(30)26-21-16(10-13(3)35-21)22(31)32-6-2/h5,7-8,10-11,14H,1,6,9,12H2,2-4H3,(H,26,30). The highest BCUT2D eigenvalue weighted by Crippen LogP contribution is 2.32. The predicted octanol–water partition coefficient (Wildman–Crippen LogP) is 6.19. The van der Waals surface area contributed by atoms with Crippen molar-refractivity contribution in [2.45, 2.75) is 38.6 Å². The minimum absolute atomic E-state index is 0.0594. The lowest BCUT2D eigenvalue weighted by molar-refractivity contribution is -0.113. The number of carbonyl (C=O) groups excluding carboxylic acids is 2. The number of benzene rings is 1. The number of aromatic nitrogens is 3. The molecule has 2 aromatic heterocycles. The highest BCUT2D eigenvalue weighted by molar-refractivity contribution is 7.99. The molecule has 1 N–H and O–H groups in total. The molecular formula is C23H24Cl2N4O4S2. The summed E-state index contributed by atoms with van der Waals surface area (Å²) >= 11 is 14.8. The van der Waals surface area contributed by atoms with Gasteiger partial charge in [0.2, 0.25) is 5.91 Å². The van der Waals surface area contributed by atoms with Crippen molar-refractivity contribution in [1.29, 1.82) is 0 Å². The number of nitrogens with zero attached hydrogens (tertiary/aromatic N) is 3. The SMILES string of the molecule is C=CCn1c(SCC(=O)Nc2sc(C)cc2C(=O)OCC)nnc1C(C)Oc1cc(Cl)ccc1Cl. The van der Waals surface area contributed by atoms with E-state index in [1.807, 2.05) is 18.4 Å². The van der Waals surface area contributed by atoms with Crippen molar-refractivity contribution in [1.82, 2.24) is 14.8 Å². The van der Waals surface area contributed by atoms with Crippen LogP contribution in [-0.4, -0.2) is 39.0 Å². The average Bonchev–Trinajstić information content (AvgIpc) is 3.38. The minimum atomic E-state index is -0.497. The van der Waals surface area contributed by atoms with Crippen molar-refractivity contribution in [2.75, 3.05) is 17.7 Å². The summed E-state index contributed by atoms with van der Waals surface area (Å²) in [7, 11) is 0. The van der Waals surface area contributed by atoms with Crippen LogP contribution in [0.1, 0.15) is 41.0 Å². The van der Waals surface area contributed by atoms with Crippen LogP contribution in [0.4, 0.5) is 5.00 Å². The third-order valence-electron chi connectivity index (χ3n) is 4.55. The topological polar surface area (TPSA) is 95.3 Å². The number of thioether (sulfide) groups is 1. The Hall–Kier alpha value is -2.53. The van der Waals surface area contributed by atoms with Crippen LogP contribution in [-0.2, 0) is 16.1 Å². The Balaban J connectivity index is 1.70. The number of aryl methyl sites for hydroxylation is 1. The molecule has 186 valence electrons. The van der Waals surface area contributed by atoms with E-state index < -0.39 is 12.1 Å². The molecule has 12 heteroatoms. The molecular weight excluding hydrogens is 531 g/mol. The summed E-state index contributed by atoms with van der Waals surface area (Å²) in [5, 5.41) is 13.2. The summed E-state index contributed by atoms with van der Waals surface area (Å²) in [6.45, 7) is 9.87. The Labute approximate surface area is 221 Å². The zero-order chi connectivity index (χ0) is 25.5. The Morgan fingerprint density at radius 3 is 2.80 bits per heavy atom. The fraction of sp³-hybridized carbons (Fsp3) is 0.304. The first-order valence-corrected chi connectivity index (χ1v) is 13.1. The lowest BCUT2D eigenvalue weighted by Gasteiger charge is -2.16. The molecule has 35 heavy (non-hydrogen) atoms. The number of amides is 1. The van der Waals surface area contributed by atoms with Crippen molar-refractivity contribution >= 4 is 63.2 Å². The number of nitrogens with one attached hydrogen (secondary N) is 1. The lowest BCUT2D eigenvalue weighted by Crippen LogP contribution is -2.17. The second kappa shape index (κ2) is 12.4. The number of hydrogen-bond acceptors (Lipinski definition) is 8. The van der Waals surface area contributed by atoms with Gasteiger partial charge in [0.1, 0.15) is 10.8 Å². The van der Waals surface area contributed by atoms with E-state index in [9.17, 15) is 9.59 Å². The summed E-state index contributed by atoms with van der Waals surface area (Å²) in [5.74, 6) is 0.277. The van der Waals surface area contributed by atoms with E-state index in [-0.39, 0.29) is 18.3 Å². The van der Waals surface area contributed by atoms with Crippen molar-refractivity contribution in [3.8, 4) is 5.75 Å². The summed E-state index contributed by atoms with van der Waals surface area (Å²) < 4.78 is 12.9. The first kappa shape index (κ1) is 27.1. The maximum absolute atomic E-state index is 12.6. The molecule has 3 rings (SSSR count). The zero-order valence-electron chi connectivity index (χ0n) is 19.3. The second-order valence-corrected chi connectivity index (χ2v) is 10.3. The number of anilines is 1. The second-order valence-electron chi connectivity index (χ2n) is 7.23. The van der Waals surface area contributed by atoms with E-state index in [4.69, 9.17) is 32.7 Å². The van der Waals surface area contributed by atoms with Crippen LogP contribution in [0, 0.1) is 6.92 Å². The lowest BCUT2D eigenvalue weighted by atomic mass is 10.3. The summed E-state index contributed by atoms with van der Waals surface area (Å²) in [6, 6.07) is 6.66. The summed E-state index contributed by atoms with van der Waals surface area (Å²) in [5.41, 5.74) is 0.343. The molecule has 0 aliphatic carbocycles. The van der Waals surface area contributed by atoms with E-state index in [1.165, 1.54) is 23.1 Å². The van der Waals surface area contributed by atoms with Gasteiger partial charge in [-0.3, -0.25) is 9.36 Å². The van der Waals surface area contributed by atoms with Gasteiger partial charge in [0, 0.05) is 22.5 Å². The van der Waals surface area contributed by atoms with Crippen molar-refractivity contribution < 1.29 is 19.1 Å². The van der Waals surface area contributed by atoms with Gasteiger partial charge in [0.05, 0.1) is 22.9 Å². The molecule has 8 nitrogen and oxygen atoms in total. The Bertz CT molecular complexity index is 1230. The molecule has 2 heterocycles. The number of allylic oxidation sites excluding steroid dienone is 1. The molecule has 1 aromatic carbocycles. The van der Waals surface area contributed by atoms with Gasteiger partial charge in [-0.1, -0.05) is 41.0 Å². The Morgan fingerprint density at radius 1 is 1.31 bits per heavy atom. The first-order valence-electron chi connectivity index (χ1n) is 10.6. The molecule has 0 aliphatic rings. The Morgan fingerprint density at radius 2 is 2.09 bits per heavy atom.